The summed E-state index contributed by atoms with van der Waals surface area (Å²) >= 11 is 0. The summed E-state index contributed by atoms with van der Waals surface area (Å²) in [6, 6.07) is 79.0. The Kier molecular flexibility index (Phi) is 10.8. The van der Waals surface area contributed by atoms with E-state index in [9.17, 15) is 0 Å². The fourth-order valence-electron chi connectivity index (χ4n) is 13.2. The van der Waals surface area contributed by atoms with Crippen molar-refractivity contribution in [3.05, 3.63) is 280 Å². The molecule has 0 saturated heterocycles. The van der Waals surface area contributed by atoms with Gasteiger partial charge in [-0.05, 0) is 126 Å². The third-order valence-corrected chi connectivity index (χ3v) is 17.1. The number of ether oxygens (including phenoxy) is 1. The maximum Gasteiger partial charge on any atom is 0.255 e. The second kappa shape index (κ2) is 17.6. The van der Waals surface area contributed by atoms with Crippen LogP contribution in [0.4, 0.5) is 0 Å². The number of aromatic nitrogens is 4. The highest BCUT2D eigenvalue weighted by Crippen LogP contribution is 2.62. The molecule has 9 aromatic carbocycles. The molecule has 0 atom stereocenters. The van der Waals surface area contributed by atoms with Crippen molar-refractivity contribution in [1.82, 2.24) is 14.1 Å². The Balaban J connectivity index is 0.985. The fourth-order valence-corrected chi connectivity index (χ4v) is 13.2. The quantitative estimate of drug-likeness (QED) is 0.149. The van der Waals surface area contributed by atoms with Crippen molar-refractivity contribution in [3.63, 3.8) is 0 Å². The van der Waals surface area contributed by atoms with Crippen LogP contribution >= 0.6 is 0 Å². The summed E-state index contributed by atoms with van der Waals surface area (Å²) in [5.74, 6) is 2.53. The number of rotatable bonds is 7. The zero-order chi connectivity index (χ0) is 54.2. The molecule has 0 spiro atoms. The lowest BCUT2D eigenvalue weighted by Gasteiger charge is -2.51. The van der Waals surface area contributed by atoms with E-state index in [4.69, 9.17) is 9.72 Å². The number of fused-ring (bicyclic) bond motifs is 4. The zero-order valence-corrected chi connectivity index (χ0v) is 46.6. The van der Waals surface area contributed by atoms with Crippen molar-refractivity contribution in [1.29, 1.82) is 0 Å². The van der Waals surface area contributed by atoms with E-state index in [1.807, 2.05) is 6.20 Å². The third kappa shape index (κ3) is 7.57. The normalized spacial score (nSPS) is 15.8. The summed E-state index contributed by atoms with van der Waals surface area (Å²) in [5.41, 5.74) is 21.3. The highest BCUT2D eigenvalue weighted by atomic mass is 16.5. The van der Waals surface area contributed by atoms with Gasteiger partial charge in [-0.25, -0.2) is 4.98 Å². The summed E-state index contributed by atoms with van der Waals surface area (Å²) in [6.45, 7) is 20.8. The van der Waals surface area contributed by atoms with E-state index in [1.54, 1.807) is 0 Å². The van der Waals surface area contributed by atoms with Crippen LogP contribution in [0.15, 0.2) is 225 Å². The average molecular weight is 1030 g/mol. The largest absolute Gasteiger partial charge is 0.457 e. The van der Waals surface area contributed by atoms with Crippen molar-refractivity contribution < 1.29 is 9.30 Å². The molecule has 0 N–H and O–H groups in total. The first-order valence-corrected chi connectivity index (χ1v) is 28.0. The van der Waals surface area contributed by atoms with Crippen LogP contribution in [-0.4, -0.2) is 14.1 Å². The average Bonchev–Trinajstić information content (AvgIpc) is 2.30. The fraction of sp³-hybridized carbons (Fsp3) is 0.189. The lowest BCUT2D eigenvalue weighted by Crippen LogP contribution is -2.45. The maximum absolute atomic E-state index is 6.95. The minimum atomic E-state index is -0.638. The van der Waals surface area contributed by atoms with E-state index in [0.29, 0.717) is 0 Å². The van der Waals surface area contributed by atoms with Gasteiger partial charge in [-0.2, -0.15) is 9.13 Å². The van der Waals surface area contributed by atoms with E-state index < -0.39 is 5.41 Å². The number of pyridine rings is 1. The van der Waals surface area contributed by atoms with Gasteiger partial charge in [0.25, 0.3) is 6.33 Å². The smallest absolute Gasteiger partial charge is 0.255 e. The highest BCUT2D eigenvalue weighted by molar-refractivity contribution is 6.09. The molecule has 0 aliphatic heterocycles. The van der Waals surface area contributed by atoms with Gasteiger partial charge in [0.05, 0.1) is 16.4 Å². The van der Waals surface area contributed by atoms with Gasteiger partial charge in [0.1, 0.15) is 28.7 Å². The molecule has 0 amide bonds. The first-order valence-electron chi connectivity index (χ1n) is 28.0. The van der Waals surface area contributed by atoms with E-state index in [2.05, 4.69) is 295 Å². The van der Waals surface area contributed by atoms with Crippen LogP contribution < -0.4 is 9.30 Å². The van der Waals surface area contributed by atoms with Crippen LogP contribution in [0.3, 0.4) is 0 Å². The Hall–Kier alpha value is -8.80. The van der Waals surface area contributed by atoms with Gasteiger partial charge in [0.15, 0.2) is 11.0 Å². The van der Waals surface area contributed by atoms with E-state index in [-0.39, 0.29) is 22.2 Å². The number of para-hydroxylation sites is 4. The van der Waals surface area contributed by atoms with Crippen molar-refractivity contribution in [3.8, 4) is 39.8 Å². The van der Waals surface area contributed by atoms with E-state index in [0.717, 1.165) is 56.1 Å². The summed E-state index contributed by atoms with van der Waals surface area (Å²) in [4.78, 5) is 4.94. The Morgan fingerprint density at radius 1 is 0.456 bits per heavy atom. The molecule has 3 aliphatic rings. The molecule has 0 radical (unpaired) electrons. The Morgan fingerprint density at radius 2 is 1.01 bits per heavy atom. The van der Waals surface area contributed by atoms with Gasteiger partial charge in [0, 0.05) is 46.1 Å². The number of hydrogen-bond acceptors (Lipinski definition) is 2. The number of imidazole rings is 1. The SMILES string of the molecule is CC(C)(C)c1cc(-c2cccc(C34c5ccccc5C(c5ccccc53)c3ccccc34)c2-[n+]2cn(-c3cccc(Oc4ccc5c6ccccc6n(-c6cc(C(C)(C)C)ccn6)c5c4)c3)c3ccccc32)cc(C(C)(C)C)c1. The van der Waals surface area contributed by atoms with Crippen LogP contribution in [0.25, 0.3) is 61.2 Å². The van der Waals surface area contributed by atoms with Gasteiger partial charge >= 0.3 is 0 Å². The van der Waals surface area contributed by atoms with Crippen molar-refractivity contribution in [2.45, 2.75) is 89.9 Å². The van der Waals surface area contributed by atoms with Crippen LogP contribution in [0.5, 0.6) is 11.5 Å². The molecule has 3 aromatic heterocycles. The van der Waals surface area contributed by atoms with E-state index >= 15 is 0 Å². The second-order valence-electron chi connectivity index (χ2n) is 25.1. The molecule has 5 nitrogen and oxygen atoms in total. The third-order valence-electron chi connectivity index (χ3n) is 17.1. The molecule has 15 rings (SSSR count). The lowest BCUT2D eigenvalue weighted by atomic mass is 9.50. The van der Waals surface area contributed by atoms with Crippen molar-refractivity contribution in [2.75, 3.05) is 0 Å². The van der Waals surface area contributed by atoms with Crippen LogP contribution in [0.1, 0.15) is 124 Å². The molecule has 0 fully saturated rings. The van der Waals surface area contributed by atoms with Crippen molar-refractivity contribution in [2.24, 2.45) is 0 Å². The molecule has 386 valence electrons. The molecule has 0 unspecified atom stereocenters. The molecule has 0 saturated carbocycles. The predicted octanol–water partition coefficient (Wildman–Crippen LogP) is 17.9. The summed E-state index contributed by atoms with van der Waals surface area (Å²) in [5, 5.41) is 2.33. The summed E-state index contributed by atoms with van der Waals surface area (Å²) in [7, 11) is 0. The second-order valence-corrected chi connectivity index (χ2v) is 25.1. The lowest BCUT2D eigenvalue weighted by molar-refractivity contribution is -0.567. The van der Waals surface area contributed by atoms with Crippen LogP contribution in [0.2, 0.25) is 0 Å². The standard InChI is InChI=1S/C74H65N4O/c1-71(2,3)48-38-39-75-68(43-48)78-64-33-17-13-24-55(64)56-37-36-53(45-67(56)78)79-52-23-20-22-51(44-52)76-46-77(66-35-19-18-34-65(66)76)70-54(47-40-49(72(4,5)6)42-50(41-47)73(7,8)9)28-21-32-63(70)74-60-29-14-10-25-57(60)69(58-26-11-15-30-61(58)74)59-27-12-16-31-62(59)74/h10-46,69H,1-9H3/q+1. The van der Waals surface area contributed by atoms with Gasteiger partial charge < -0.3 is 4.74 Å². The Morgan fingerprint density at radius 3 is 1.67 bits per heavy atom. The first kappa shape index (κ1) is 48.6. The number of benzene rings is 9. The summed E-state index contributed by atoms with van der Waals surface area (Å²) in [6.07, 6.45) is 4.25. The van der Waals surface area contributed by atoms with Crippen LogP contribution in [0, 0.1) is 0 Å². The molecular formula is C74H65N4O+. The van der Waals surface area contributed by atoms with Crippen molar-refractivity contribution >= 4 is 32.8 Å². The summed E-state index contributed by atoms with van der Waals surface area (Å²) < 4.78 is 14.1. The molecule has 79 heavy (non-hydrogen) atoms. The van der Waals surface area contributed by atoms with Gasteiger partial charge in [-0.3, -0.25) is 4.57 Å². The molecule has 3 aliphatic carbocycles. The Labute approximate surface area is 464 Å². The molecule has 2 bridgehead atoms. The minimum absolute atomic E-state index is 0.0284. The molecule has 12 aromatic rings. The maximum atomic E-state index is 6.95. The molecule has 3 heterocycles. The van der Waals surface area contributed by atoms with Crippen LogP contribution in [-0.2, 0) is 21.7 Å². The minimum Gasteiger partial charge on any atom is -0.457 e. The zero-order valence-electron chi connectivity index (χ0n) is 46.6. The number of hydrogen-bond donors (Lipinski definition) is 0. The first-order chi connectivity index (χ1) is 38.1. The Bertz CT molecular complexity index is 4280. The monoisotopic (exact) mass is 1030 g/mol. The predicted molar refractivity (Wildman–Crippen MR) is 324 cm³/mol. The molecular weight excluding hydrogens is 961 g/mol. The number of nitrogens with zero attached hydrogens (tertiary/aromatic N) is 4. The van der Waals surface area contributed by atoms with Gasteiger partial charge in [0.2, 0.25) is 0 Å². The topological polar surface area (TPSA) is 35.9 Å². The van der Waals surface area contributed by atoms with Gasteiger partial charge in [-0.15, -0.1) is 0 Å². The highest BCUT2D eigenvalue weighted by Gasteiger charge is 2.54. The van der Waals surface area contributed by atoms with Gasteiger partial charge in [-0.1, -0.05) is 208 Å². The molecule has 5 heteroatoms. The van der Waals surface area contributed by atoms with E-state index in [1.165, 1.54) is 72.1 Å².